The van der Waals surface area contributed by atoms with Gasteiger partial charge in [-0.25, -0.2) is 0 Å². The zero-order valence-electron chi connectivity index (χ0n) is 9.90. The molecular formula is C12H17NO2S. The van der Waals surface area contributed by atoms with Crippen LogP contribution in [-0.4, -0.2) is 32.4 Å². The van der Waals surface area contributed by atoms with Crippen molar-refractivity contribution in [2.24, 2.45) is 0 Å². The second kappa shape index (κ2) is 6.43. The fraction of sp³-hybridized carbons (Fsp3) is 0.417. The molecule has 0 bridgehead atoms. The summed E-state index contributed by atoms with van der Waals surface area (Å²) in [5.41, 5.74) is 1.02. The summed E-state index contributed by atoms with van der Waals surface area (Å²) in [6, 6.07) is 8.16. The summed E-state index contributed by atoms with van der Waals surface area (Å²) in [5.74, 6) is 0.840. The zero-order valence-corrected chi connectivity index (χ0v) is 10.7. The molecule has 88 valence electrons. The molecule has 0 aliphatic rings. The molecule has 0 aromatic heterocycles. The fourth-order valence-electron chi connectivity index (χ4n) is 1.31. The van der Waals surface area contributed by atoms with Crippen LogP contribution in [0.1, 0.15) is 6.92 Å². The molecule has 0 spiro atoms. The Hall–Kier alpha value is -1.16. The Balaban J connectivity index is 2.62. The van der Waals surface area contributed by atoms with E-state index in [2.05, 4.69) is 23.8 Å². The lowest BCUT2D eigenvalue weighted by Crippen LogP contribution is -2.26. The van der Waals surface area contributed by atoms with Crippen LogP contribution in [0.4, 0.5) is 5.69 Å². The maximum absolute atomic E-state index is 11.1. The van der Waals surface area contributed by atoms with Crippen LogP contribution < -0.4 is 4.90 Å². The van der Waals surface area contributed by atoms with Crippen LogP contribution in [0.25, 0.3) is 0 Å². The Morgan fingerprint density at radius 3 is 2.50 bits per heavy atom. The van der Waals surface area contributed by atoms with E-state index in [4.69, 9.17) is 0 Å². The van der Waals surface area contributed by atoms with E-state index in [0.29, 0.717) is 0 Å². The first-order chi connectivity index (χ1) is 7.67. The van der Waals surface area contributed by atoms with Gasteiger partial charge >= 0.3 is 5.97 Å². The molecule has 0 aliphatic carbocycles. The summed E-state index contributed by atoms with van der Waals surface area (Å²) in [6.45, 7) is 2.40. The number of methoxy groups -OCH3 is 1. The molecular weight excluding hydrogens is 222 g/mol. The summed E-state index contributed by atoms with van der Waals surface area (Å²) in [5, 5.41) is 0. The Morgan fingerprint density at radius 1 is 1.38 bits per heavy atom. The van der Waals surface area contributed by atoms with Gasteiger partial charge in [-0.3, -0.25) is 4.79 Å². The van der Waals surface area contributed by atoms with Gasteiger partial charge in [0, 0.05) is 17.6 Å². The van der Waals surface area contributed by atoms with Gasteiger partial charge in [-0.1, -0.05) is 6.92 Å². The highest BCUT2D eigenvalue weighted by Crippen LogP contribution is 2.21. The van der Waals surface area contributed by atoms with Gasteiger partial charge in [0.15, 0.2) is 0 Å². The van der Waals surface area contributed by atoms with E-state index >= 15 is 0 Å². The number of esters is 1. The average molecular weight is 239 g/mol. The summed E-state index contributed by atoms with van der Waals surface area (Å²) in [4.78, 5) is 14.2. The highest BCUT2D eigenvalue weighted by molar-refractivity contribution is 7.99. The van der Waals surface area contributed by atoms with Crippen molar-refractivity contribution in [3.8, 4) is 0 Å². The second-order valence-electron chi connectivity index (χ2n) is 3.36. The quantitative estimate of drug-likeness (QED) is 0.583. The van der Waals surface area contributed by atoms with Crippen LogP contribution in [0.3, 0.4) is 0 Å². The first-order valence-corrected chi connectivity index (χ1v) is 6.16. The minimum absolute atomic E-state index is 0.227. The molecule has 0 saturated heterocycles. The maximum atomic E-state index is 11.1. The molecule has 1 aromatic rings. The van der Waals surface area contributed by atoms with Crippen molar-refractivity contribution in [1.29, 1.82) is 0 Å². The smallest absolute Gasteiger partial charge is 0.325 e. The van der Waals surface area contributed by atoms with Crippen LogP contribution in [-0.2, 0) is 9.53 Å². The molecule has 1 aromatic carbocycles. The number of anilines is 1. The summed E-state index contributed by atoms with van der Waals surface area (Å²) < 4.78 is 4.62. The summed E-state index contributed by atoms with van der Waals surface area (Å²) >= 11 is 1.80. The number of carbonyl (C=O) groups is 1. The molecule has 0 aliphatic heterocycles. The minimum Gasteiger partial charge on any atom is -0.468 e. The highest BCUT2D eigenvalue weighted by Gasteiger charge is 2.06. The van der Waals surface area contributed by atoms with Crippen molar-refractivity contribution in [3.63, 3.8) is 0 Å². The van der Waals surface area contributed by atoms with Gasteiger partial charge in [0.1, 0.15) is 6.54 Å². The highest BCUT2D eigenvalue weighted by atomic mass is 32.2. The minimum atomic E-state index is -0.227. The van der Waals surface area contributed by atoms with Gasteiger partial charge in [-0.2, -0.15) is 0 Å². The molecule has 4 heteroatoms. The SMILES string of the molecule is CCSc1ccc(N(C)CC(=O)OC)cc1. The van der Waals surface area contributed by atoms with E-state index in [0.717, 1.165) is 11.4 Å². The first kappa shape index (κ1) is 12.9. The Kier molecular flexibility index (Phi) is 5.19. The van der Waals surface area contributed by atoms with E-state index in [9.17, 15) is 4.79 Å². The third-order valence-electron chi connectivity index (χ3n) is 2.18. The van der Waals surface area contributed by atoms with Crippen LogP contribution in [0, 0.1) is 0 Å². The van der Waals surface area contributed by atoms with Crippen molar-refractivity contribution in [2.75, 3.05) is 31.4 Å². The Labute approximate surface area is 101 Å². The van der Waals surface area contributed by atoms with E-state index in [1.54, 1.807) is 11.8 Å². The number of hydrogen-bond donors (Lipinski definition) is 0. The predicted octanol–water partition coefficient (Wildman–Crippen LogP) is 2.41. The molecule has 0 heterocycles. The van der Waals surface area contributed by atoms with E-state index in [1.807, 2.05) is 24.1 Å². The third kappa shape index (κ3) is 3.77. The van der Waals surface area contributed by atoms with E-state index in [-0.39, 0.29) is 12.5 Å². The lowest BCUT2D eigenvalue weighted by Gasteiger charge is -2.17. The average Bonchev–Trinajstić information content (AvgIpc) is 2.30. The predicted molar refractivity (Wildman–Crippen MR) is 68.1 cm³/mol. The van der Waals surface area contributed by atoms with Crippen molar-refractivity contribution in [1.82, 2.24) is 0 Å². The molecule has 0 N–H and O–H groups in total. The summed E-state index contributed by atoms with van der Waals surface area (Å²) in [7, 11) is 3.27. The molecule has 0 saturated carbocycles. The van der Waals surface area contributed by atoms with Gasteiger partial charge in [0.05, 0.1) is 7.11 Å². The monoisotopic (exact) mass is 239 g/mol. The normalized spacial score (nSPS) is 9.94. The molecule has 0 unspecified atom stereocenters. The molecule has 3 nitrogen and oxygen atoms in total. The summed E-state index contributed by atoms with van der Waals surface area (Å²) in [6.07, 6.45) is 0. The molecule has 0 atom stereocenters. The molecule has 0 radical (unpaired) electrons. The number of likely N-dealkylation sites (N-methyl/N-ethyl adjacent to an activating group) is 1. The largest absolute Gasteiger partial charge is 0.468 e. The van der Waals surface area contributed by atoms with Gasteiger partial charge in [-0.05, 0) is 30.0 Å². The molecule has 0 fully saturated rings. The lowest BCUT2D eigenvalue weighted by molar-refractivity contribution is -0.138. The molecule has 1 rings (SSSR count). The van der Waals surface area contributed by atoms with Crippen LogP contribution >= 0.6 is 11.8 Å². The number of carbonyl (C=O) groups excluding carboxylic acids is 1. The van der Waals surface area contributed by atoms with Crippen molar-refractivity contribution in [2.45, 2.75) is 11.8 Å². The third-order valence-corrected chi connectivity index (χ3v) is 3.08. The topological polar surface area (TPSA) is 29.5 Å². The van der Waals surface area contributed by atoms with Crippen LogP contribution in [0.2, 0.25) is 0 Å². The number of nitrogens with zero attached hydrogens (tertiary/aromatic N) is 1. The standard InChI is InChI=1S/C12H17NO2S/c1-4-16-11-7-5-10(6-8-11)13(2)9-12(14)15-3/h5-8H,4,9H2,1-3H3. The Bertz CT molecular complexity index is 337. The van der Waals surface area contributed by atoms with Gasteiger partial charge in [0.2, 0.25) is 0 Å². The zero-order chi connectivity index (χ0) is 12.0. The Morgan fingerprint density at radius 2 is 2.00 bits per heavy atom. The number of ether oxygens (including phenoxy) is 1. The fourth-order valence-corrected chi connectivity index (χ4v) is 1.97. The number of benzene rings is 1. The van der Waals surface area contributed by atoms with Crippen molar-refractivity contribution in [3.05, 3.63) is 24.3 Å². The van der Waals surface area contributed by atoms with Gasteiger partial charge in [-0.15, -0.1) is 11.8 Å². The number of thioether (sulfide) groups is 1. The van der Waals surface area contributed by atoms with Gasteiger partial charge in [0.25, 0.3) is 0 Å². The molecule has 0 amide bonds. The second-order valence-corrected chi connectivity index (χ2v) is 4.70. The maximum Gasteiger partial charge on any atom is 0.325 e. The van der Waals surface area contributed by atoms with Gasteiger partial charge < -0.3 is 9.64 Å². The number of rotatable bonds is 5. The van der Waals surface area contributed by atoms with E-state index < -0.39 is 0 Å². The van der Waals surface area contributed by atoms with Crippen molar-refractivity contribution < 1.29 is 9.53 Å². The number of hydrogen-bond acceptors (Lipinski definition) is 4. The lowest BCUT2D eigenvalue weighted by atomic mass is 10.3. The van der Waals surface area contributed by atoms with E-state index in [1.165, 1.54) is 12.0 Å². The molecule has 16 heavy (non-hydrogen) atoms. The van der Waals surface area contributed by atoms with Crippen LogP contribution in [0.15, 0.2) is 29.2 Å². The first-order valence-electron chi connectivity index (χ1n) is 5.18. The van der Waals surface area contributed by atoms with Crippen molar-refractivity contribution >= 4 is 23.4 Å². The van der Waals surface area contributed by atoms with Crippen LogP contribution in [0.5, 0.6) is 0 Å².